The highest BCUT2D eigenvalue weighted by atomic mass is 32.1. The largest absolute Gasteiger partial charge is 0.360 e. The lowest BCUT2D eigenvalue weighted by Gasteiger charge is -2.11. The SMILES string of the molecule is CC(C)CNc1nnc(-c2csc(N3CCCC3)n2)s1. The second-order valence-corrected chi connectivity index (χ2v) is 7.21. The Morgan fingerprint density at radius 3 is 2.85 bits per heavy atom. The Kier molecular flexibility index (Phi) is 4.16. The lowest BCUT2D eigenvalue weighted by molar-refractivity contribution is 0.687. The summed E-state index contributed by atoms with van der Waals surface area (Å²) >= 11 is 3.28. The highest BCUT2D eigenvalue weighted by Gasteiger charge is 2.17. The van der Waals surface area contributed by atoms with Crippen molar-refractivity contribution in [3.8, 4) is 10.7 Å². The summed E-state index contributed by atoms with van der Waals surface area (Å²) in [7, 11) is 0. The fraction of sp³-hybridized carbons (Fsp3) is 0.615. The molecule has 0 saturated carbocycles. The van der Waals surface area contributed by atoms with Crippen LogP contribution in [0.1, 0.15) is 26.7 Å². The van der Waals surface area contributed by atoms with Gasteiger partial charge in [0, 0.05) is 25.0 Å². The van der Waals surface area contributed by atoms with Crippen LogP contribution in [0.3, 0.4) is 0 Å². The summed E-state index contributed by atoms with van der Waals surface area (Å²) in [5.41, 5.74) is 0.951. The van der Waals surface area contributed by atoms with Gasteiger partial charge in [-0.1, -0.05) is 25.2 Å². The number of rotatable bonds is 5. The molecule has 3 heterocycles. The summed E-state index contributed by atoms with van der Waals surface area (Å²) in [4.78, 5) is 7.05. The fourth-order valence-corrected chi connectivity index (χ4v) is 3.76. The van der Waals surface area contributed by atoms with Crippen LogP contribution in [0.15, 0.2) is 5.38 Å². The molecule has 2 aromatic rings. The molecular weight excluding hydrogens is 290 g/mol. The first-order chi connectivity index (χ1) is 9.72. The minimum absolute atomic E-state index is 0.600. The predicted octanol–water partition coefficient (Wildman–Crippen LogP) is 3.33. The highest BCUT2D eigenvalue weighted by Crippen LogP contribution is 2.32. The molecule has 5 nitrogen and oxygen atoms in total. The fourth-order valence-electron chi connectivity index (χ4n) is 2.11. The summed E-state index contributed by atoms with van der Waals surface area (Å²) in [5.74, 6) is 0.600. The van der Waals surface area contributed by atoms with Crippen LogP contribution in [0.2, 0.25) is 0 Å². The van der Waals surface area contributed by atoms with Crippen LogP contribution >= 0.6 is 22.7 Å². The maximum Gasteiger partial charge on any atom is 0.206 e. The third kappa shape index (κ3) is 3.09. The molecule has 2 aromatic heterocycles. The second-order valence-electron chi connectivity index (χ2n) is 5.40. The standard InChI is InChI=1S/C13H19N5S2/c1-9(2)7-14-12-17-16-11(20-12)10-8-19-13(15-10)18-5-3-4-6-18/h8-9H,3-7H2,1-2H3,(H,14,17). The smallest absolute Gasteiger partial charge is 0.206 e. The van der Waals surface area contributed by atoms with Crippen molar-refractivity contribution in [2.75, 3.05) is 29.9 Å². The number of nitrogens with one attached hydrogen (secondary N) is 1. The van der Waals surface area contributed by atoms with Gasteiger partial charge in [-0.15, -0.1) is 21.5 Å². The molecule has 108 valence electrons. The van der Waals surface area contributed by atoms with Gasteiger partial charge >= 0.3 is 0 Å². The van der Waals surface area contributed by atoms with Crippen LogP contribution < -0.4 is 10.2 Å². The Bertz CT molecular complexity index is 557. The van der Waals surface area contributed by atoms with E-state index >= 15 is 0 Å². The van der Waals surface area contributed by atoms with Gasteiger partial charge < -0.3 is 10.2 Å². The Balaban J connectivity index is 1.69. The third-order valence-corrected chi connectivity index (χ3v) is 4.98. The van der Waals surface area contributed by atoms with E-state index in [0.29, 0.717) is 5.92 Å². The van der Waals surface area contributed by atoms with Crippen molar-refractivity contribution < 1.29 is 0 Å². The van der Waals surface area contributed by atoms with Gasteiger partial charge in [0.1, 0.15) is 5.69 Å². The van der Waals surface area contributed by atoms with Crippen molar-refractivity contribution in [1.29, 1.82) is 0 Å². The van der Waals surface area contributed by atoms with Crippen molar-refractivity contribution >= 4 is 32.9 Å². The molecule has 0 aliphatic carbocycles. The first kappa shape index (κ1) is 13.8. The Hall–Kier alpha value is -1.21. The zero-order valence-electron chi connectivity index (χ0n) is 11.8. The van der Waals surface area contributed by atoms with E-state index in [1.54, 1.807) is 22.7 Å². The summed E-state index contributed by atoms with van der Waals surface area (Å²) in [6, 6.07) is 0. The van der Waals surface area contributed by atoms with Crippen LogP contribution in [0.5, 0.6) is 0 Å². The molecule has 0 unspecified atom stereocenters. The van der Waals surface area contributed by atoms with E-state index in [2.05, 4.69) is 39.6 Å². The number of hydrogen-bond donors (Lipinski definition) is 1. The maximum atomic E-state index is 4.70. The molecule has 1 aliphatic heterocycles. The molecule has 1 saturated heterocycles. The quantitative estimate of drug-likeness (QED) is 0.918. The molecule has 0 aromatic carbocycles. The molecule has 7 heteroatoms. The van der Waals surface area contributed by atoms with Crippen LogP contribution in [-0.2, 0) is 0 Å². The van der Waals surface area contributed by atoms with Crippen LogP contribution in [0, 0.1) is 5.92 Å². The predicted molar refractivity (Wildman–Crippen MR) is 85.8 cm³/mol. The summed E-state index contributed by atoms with van der Waals surface area (Å²) in [6.45, 7) is 7.54. The van der Waals surface area contributed by atoms with E-state index in [4.69, 9.17) is 4.98 Å². The minimum atomic E-state index is 0.600. The van der Waals surface area contributed by atoms with E-state index in [1.165, 1.54) is 12.8 Å². The van der Waals surface area contributed by atoms with E-state index < -0.39 is 0 Å². The number of hydrogen-bond acceptors (Lipinski definition) is 7. The zero-order valence-corrected chi connectivity index (χ0v) is 13.4. The average molecular weight is 309 g/mol. The van der Waals surface area contributed by atoms with Crippen molar-refractivity contribution in [1.82, 2.24) is 15.2 Å². The first-order valence-corrected chi connectivity index (χ1v) is 8.70. The summed E-state index contributed by atoms with van der Waals surface area (Å²) < 4.78 is 0. The van der Waals surface area contributed by atoms with Gasteiger partial charge in [0.15, 0.2) is 10.1 Å². The van der Waals surface area contributed by atoms with Gasteiger partial charge in [-0.05, 0) is 18.8 Å². The van der Waals surface area contributed by atoms with Gasteiger partial charge in [-0.2, -0.15) is 0 Å². The first-order valence-electron chi connectivity index (χ1n) is 7.00. The van der Waals surface area contributed by atoms with Gasteiger partial charge in [0.25, 0.3) is 0 Å². The zero-order chi connectivity index (χ0) is 13.9. The van der Waals surface area contributed by atoms with Crippen molar-refractivity contribution in [3.05, 3.63) is 5.38 Å². The molecule has 0 atom stereocenters. The monoisotopic (exact) mass is 309 g/mol. The number of aromatic nitrogens is 3. The molecule has 20 heavy (non-hydrogen) atoms. The molecule has 0 spiro atoms. The third-order valence-electron chi connectivity index (χ3n) is 3.17. The highest BCUT2D eigenvalue weighted by molar-refractivity contribution is 7.19. The van der Waals surface area contributed by atoms with E-state index in [1.807, 2.05) is 0 Å². The molecule has 1 fully saturated rings. The van der Waals surface area contributed by atoms with Crippen LogP contribution in [0.4, 0.5) is 10.3 Å². The molecule has 3 rings (SSSR count). The van der Waals surface area contributed by atoms with Crippen LogP contribution in [-0.4, -0.2) is 34.8 Å². The number of thiazole rings is 1. The van der Waals surface area contributed by atoms with Crippen LogP contribution in [0.25, 0.3) is 10.7 Å². The molecular formula is C13H19N5S2. The summed E-state index contributed by atoms with van der Waals surface area (Å²) in [6.07, 6.45) is 2.55. The number of anilines is 2. The minimum Gasteiger partial charge on any atom is -0.360 e. The van der Waals surface area contributed by atoms with Crippen molar-refractivity contribution in [2.24, 2.45) is 5.92 Å². The van der Waals surface area contributed by atoms with E-state index in [-0.39, 0.29) is 0 Å². The van der Waals surface area contributed by atoms with Crippen molar-refractivity contribution in [3.63, 3.8) is 0 Å². The topological polar surface area (TPSA) is 53.9 Å². The Morgan fingerprint density at radius 1 is 1.30 bits per heavy atom. The summed E-state index contributed by atoms with van der Waals surface area (Å²) in [5, 5.41) is 16.7. The van der Waals surface area contributed by atoms with E-state index in [9.17, 15) is 0 Å². The normalized spacial score (nSPS) is 15.2. The molecule has 1 aliphatic rings. The van der Waals surface area contributed by atoms with Gasteiger partial charge in [-0.3, -0.25) is 0 Å². The molecule has 0 radical (unpaired) electrons. The van der Waals surface area contributed by atoms with Gasteiger partial charge in [-0.25, -0.2) is 4.98 Å². The molecule has 0 bridgehead atoms. The second kappa shape index (κ2) is 6.05. The van der Waals surface area contributed by atoms with Crippen molar-refractivity contribution in [2.45, 2.75) is 26.7 Å². The molecule has 1 N–H and O–H groups in total. The van der Waals surface area contributed by atoms with Gasteiger partial charge in [0.2, 0.25) is 5.13 Å². The van der Waals surface area contributed by atoms with E-state index in [0.717, 1.165) is 40.6 Å². The molecule has 0 amide bonds. The number of nitrogens with zero attached hydrogens (tertiary/aromatic N) is 4. The average Bonchev–Trinajstić information content (AvgIpc) is 3.15. The van der Waals surface area contributed by atoms with Gasteiger partial charge in [0.05, 0.1) is 0 Å². The lowest BCUT2D eigenvalue weighted by atomic mass is 10.2. The Morgan fingerprint density at radius 2 is 2.10 bits per heavy atom. The Labute approximate surface area is 127 Å². The lowest BCUT2D eigenvalue weighted by Crippen LogP contribution is -2.17. The maximum absolute atomic E-state index is 4.70.